The largest absolute Gasteiger partial charge is 0.495 e. The van der Waals surface area contributed by atoms with E-state index in [1.165, 1.54) is 7.11 Å². The molecule has 1 saturated carbocycles. The van der Waals surface area contributed by atoms with E-state index in [0.717, 1.165) is 31.2 Å². The highest BCUT2D eigenvalue weighted by Gasteiger charge is 2.19. The minimum Gasteiger partial charge on any atom is -0.495 e. The summed E-state index contributed by atoms with van der Waals surface area (Å²) in [6, 6.07) is 3.59. The van der Waals surface area contributed by atoms with Crippen LogP contribution in [0.2, 0.25) is 5.02 Å². The summed E-state index contributed by atoms with van der Waals surface area (Å²) in [7, 11) is 1.50. The van der Waals surface area contributed by atoms with Crippen LogP contribution in [0.25, 0.3) is 0 Å². The minimum absolute atomic E-state index is 0.193. The molecule has 0 atom stereocenters. The summed E-state index contributed by atoms with van der Waals surface area (Å²) in [6.45, 7) is 1.84. The molecule has 0 bridgehead atoms. The van der Waals surface area contributed by atoms with Gasteiger partial charge in [-0.2, -0.15) is 0 Å². The summed E-state index contributed by atoms with van der Waals surface area (Å²) < 4.78 is 5.19. The number of amides is 2. The van der Waals surface area contributed by atoms with Gasteiger partial charge in [0.05, 0.1) is 12.8 Å². The van der Waals surface area contributed by atoms with Gasteiger partial charge >= 0.3 is 0 Å². The molecule has 2 amide bonds. The van der Waals surface area contributed by atoms with Crippen LogP contribution in [-0.4, -0.2) is 25.0 Å². The third kappa shape index (κ3) is 4.37. The van der Waals surface area contributed by atoms with Gasteiger partial charge in [0.1, 0.15) is 12.2 Å². The van der Waals surface area contributed by atoms with E-state index < -0.39 is 0 Å². The van der Waals surface area contributed by atoms with Crippen LogP contribution in [0.1, 0.15) is 37.7 Å². The molecule has 1 aromatic rings. The first-order chi connectivity index (χ1) is 10.5. The second-order valence-corrected chi connectivity index (χ2v) is 5.98. The van der Waals surface area contributed by atoms with E-state index in [4.69, 9.17) is 16.3 Å². The molecule has 0 unspecified atom stereocenters. The van der Waals surface area contributed by atoms with Gasteiger partial charge in [0.25, 0.3) is 0 Å². The molecule has 0 aliphatic heterocycles. The van der Waals surface area contributed by atoms with Crippen molar-refractivity contribution in [3.8, 4) is 5.75 Å². The second-order valence-electron chi connectivity index (χ2n) is 5.58. The molecule has 2 N–H and O–H groups in total. The number of hydrogen-bond donors (Lipinski definition) is 2. The predicted octanol–water partition coefficient (Wildman–Crippen LogP) is 3.04. The van der Waals surface area contributed by atoms with Crippen molar-refractivity contribution in [1.82, 2.24) is 5.32 Å². The number of aryl methyl sites for hydroxylation is 1. The molecule has 1 fully saturated rings. The minimum atomic E-state index is -0.365. The van der Waals surface area contributed by atoms with Gasteiger partial charge in [-0.3, -0.25) is 9.59 Å². The van der Waals surface area contributed by atoms with Crippen LogP contribution in [0.5, 0.6) is 5.75 Å². The number of benzene rings is 1. The number of nitrogens with one attached hydrogen (secondary N) is 2. The Balaban J connectivity index is 1.93. The van der Waals surface area contributed by atoms with Crippen LogP contribution in [0.3, 0.4) is 0 Å². The number of ether oxygens (including phenoxy) is 1. The molecule has 1 aliphatic carbocycles. The predicted molar refractivity (Wildman–Crippen MR) is 86.4 cm³/mol. The summed E-state index contributed by atoms with van der Waals surface area (Å²) in [5.74, 6) is -0.135. The lowest BCUT2D eigenvalue weighted by Crippen LogP contribution is -2.35. The zero-order chi connectivity index (χ0) is 16.1. The average Bonchev–Trinajstić information content (AvgIpc) is 2.95. The molecule has 0 aromatic heterocycles. The van der Waals surface area contributed by atoms with Crippen LogP contribution >= 0.6 is 11.6 Å². The normalized spacial score (nSPS) is 14.7. The van der Waals surface area contributed by atoms with Gasteiger partial charge < -0.3 is 15.4 Å². The van der Waals surface area contributed by atoms with Gasteiger partial charge in [0.15, 0.2) is 0 Å². The highest BCUT2D eigenvalue weighted by molar-refractivity contribution is 6.31. The van der Waals surface area contributed by atoms with Crippen molar-refractivity contribution >= 4 is 29.1 Å². The van der Waals surface area contributed by atoms with Crippen molar-refractivity contribution in [3.63, 3.8) is 0 Å². The van der Waals surface area contributed by atoms with E-state index in [0.29, 0.717) is 16.5 Å². The summed E-state index contributed by atoms with van der Waals surface area (Å²) >= 11 is 6.02. The Morgan fingerprint density at radius 1 is 1.27 bits per heavy atom. The summed E-state index contributed by atoms with van der Waals surface area (Å²) in [4.78, 5) is 23.9. The van der Waals surface area contributed by atoms with Crippen molar-refractivity contribution in [2.75, 3.05) is 12.4 Å². The molecule has 5 nitrogen and oxygen atoms in total. The van der Waals surface area contributed by atoms with Crippen molar-refractivity contribution < 1.29 is 14.3 Å². The fourth-order valence-electron chi connectivity index (χ4n) is 2.62. The number of halogens is 1. The van der Waals surface area contributed by atoms with E-state index in [2.05, 4.69) is 10.6 Å². The maximum atomic E-state index is 12.0. The second kappa shape index (κ2) is 7.49. The monoisotopic (exact) mass is 324 g/mol. The Kier molecular flexibility index (Phi) is 5.66. The van der Waals surface area contributed by atoms with Crippen molar-refractivity contribution in [3.05, 3.63) is 22.7 Å². The van der Waals surface area contributed by atoms with Crippen molar-refractivity contribution in [2.45, 2.75) is 45.1 Å². The highest BCUT2D eigenvalue weighted by atomic mass is 35.5. The van der Waals surface area contributed by atoms with E-state index >= 15 is 0 Å². The van der Waals surface area contributed by atoms with Crippen LogP contribution in [-0.2, 0) is 9.59 Å². The molecule has 120 valence electrons. The van der Waals surface area contributed by atoms with E-state index in [1.807, 2.05) is 6.92 Å². The Bertz CT molecular complexity index is 569. The topological polar surface area (TPSA) is 67.4 Å². The number of carbonyl (C=O) groups excluding carboxylic acids is 2. The van der Waals surface area contributed by atoms with Gasteiger partial charge in [-0.25, -0.2) is 0 Å². The number of anilines is 1. The van der Waals surface area contributed by atoms with Crippen LogP contribution in [0.15, 0.2) is 12.1 Å². The smallest absolute Gasteiger partial charge is 0.233 e. The molecular weight excluding hydrogens is 304 g/mol. The standard InChI is InChI=1S/C16H21ClN2O3/c1-10-7-13(14(22-2)8-12(10)17)19-16(21)9-15(20)18-11-5-3-4-6-11/h7-8,11H,3-6,9H2,1-2H3,(H,18,20)(H,19,21). The van der Waals surface area contributed by atoms with Gasteiger partial charge in [-0.05, 0) is 31.4 Å². The molecule has 0 heterocycles. The van der Waals surface area contributed by atoms with Crippen molar-refractivity contribution in [1.29, 1.82) is 0 Å². The van der Waals surface area contributed by atoms with Crippen LogP contribution < -0.4 is 15.4 Å². The lowest BCUT2D eigenvalue weighted by molar-refractivity contribution is -0.127. The molecule has 0 saturated heterocycles. The lowest BCUT2D eigenvalue weighted by Gasteiger charge is -2.14. The number of hydrogen-bond acceptors (Lipinski definition) is 3. The number of methoxy groups -OCH3 is 1. The van der Waals surface area contributed by atoms with Crippen LogP contribution in [0.4, 0.5) is 5.69 Å². The quantitative estimate of drug-likeness (QED) is 0.818. The molecule has 6 heteroatoms. The third-order valence-corrected chi connectivity index (χ3v) is 4.20. The first kappa shape index (κ1) is 16.6. The summed E-state index contributed by atoms with van der Waals surface area (Å²) in [5, 5.41) is 6.16. The number of rotatable bonds is 5. The van der Waals surface area contributed by atoms with E-state index in [-0.39, 0.29) is 24.3 Å². The number of carbonyl (C=O) groups is 2. The zero-order valence-electron chi connectivity index (χ0n) is 12.9. The summed E-state index contributed by atoms with van der Waals surface area (Å²) in [5.41, 5.74) is 1.34. The molecule has 1 aromatic carbocycles. The van der Waals surface area contributed by atoms with Gasteiger partial charge in [-0.15, -0.1) is 0 Å². The Morgan fingerprint density at radius 2 is 1.95 bits per heavy atom. The lowest BCUT2D eigenvalue weighted by atomic mass is 10.2. The van der Waals surface area contributed by atoms with Gasteiger partial charge in [0.2, 0.25) is 11.8 Å². The van der Waals surface area contributed by atoms with E-state index in [1.54, 1.807) is 12.1 Å². The maximum absolute atomic E-state index is 12.0. The molecule has 22 heavy (non-hydrogen) atoms. The first-order valence-electron chi connectivity index (χ1n) is 7.43. The average molecular weight is 325 g/mol. The molecule has 1 aliphatic rings. The fraction of sp³-hybridized carbons (Fsp3) is 0.500. The van der Waals surface area contributed by atoms with Gasteiger partial charge in [0, 0.05) is 17.1 Å². The fourth-order valence-corrected chi connectivity index (χ4v) is 2.77. The molecule has 2 rings (SSSR count). The maximum Gasteiger partial charge on any atom is 0.233 e. The van der Waals surface area contributed by atoms with Crippen LogP contribution in [0, 0.1) is 6.92 Å². The van der Waals surface area contributed by atoms with Gasteiger partial charge in [-0.1, -0.05) is 24.4 Å². The molecule has 0 spiro atoms. The Labute approximate surface area is 135 Å². The SMILES string of the molecule is COc1cc(Cl)c(C)cc1NC(=O)CC(=O)NC1CCCC1. The van der Waals surface area contributed by atoms with E-state index in [9.17, 15) is 9.59 Å². The third-order valence-electron chi connectivity index (χ3n) is 3.80. The first-order valence-corrected chi connectivity index (χ1v) is 7.80. The zero-order valence-corrected chi connectivity index (χ0v) is 13.6. The Hall–Kier alpha value is -1.75. The highest BCUT2D eigenvalue weighted by Crippen LogP contribution is 2.31. The summed E-state index contributed by atoms with van der Waals surface area (Å²) in [6.07, 6.45) is 4.08. The van der Waals surface area contributed by atoms with Crippen molar-refractivity contribution in [2.24, 2.45) is 0 Å². The molecular formula is C16H21ClN2O3. The Morgan fingerprint density at radius 3 is 2.59 bits per heavy atom. The molecule has 0 radical (unpaired) electrons.